The molecule has 3 rings (SSSR count). The maximum absolute atomic E-state index is 4.40. The van der Waals surface area contributed by atoms with Gasteiger partial charge in [-0.25, -0.2) is 0 Å². The number of pyridine rings is 2. The highest BCUT2D eigenvalue weighted by Crippen LogP contribution is 2.24. The Morgan fingerprint density at radius 1 is 0.882 bits per heavy atom. The molecular weight excluding hydrogens is 208 g/mol. The van der Waals surface area contributed by atoms with Crippen molar-refractivity contribution in [3.63, 3.8) is 0 Å². The van der Waals surface area contributed by atoms with E-state index in [-0.39, 0.29) is 0 Å². The summed E-state index contributed by atoms with van der Waals surface area (Å²) < 4.78 is 0. The predicted octanol–water partition coefficient (Wildman–Crippen LogP) is 3.61. The number of aromatic nitrogens is 2. The summed E-state index contributed by atoms with van der Waals surface area (Å²) in [5, 5.41) is 1.20. The first-order chi connectivity index (χ1) is 8.34. The van der Waals surface area contributed by atoms with Crippen LogP contribution in [0.1, 0.15) is 5.56 Å². The molecule has 0 aliphatic rings. The Morgan fingerprint density at radius 2 is 1.76 bits per heavy atom. The fourth-order valence-corrected chi connectivity index (χ4v) is 2.05. The van der Waals surface area contributed by atoms with Gasteiger partial charge in [-0.15, -0.1) is 0 Å². The number of benzene rings is 1. The quantitative estimate of drug-likeness (QED) is 0.626. The van der Waals surface area contributed by atoms with E-state index in [1.807, 2.05) is 36.7 Å². The van der Waals surface area contributed by atoms with Gasteiger partial charge in [0.05, 0.1) is 11.2 Å². The molecule has 82 valence electrons. The lowest BCUT2D eigenvalue weighted by Crippen LogP contribution is -1.87. The summed E-state index contributed by atoms with van der Waals surface area (Å²) in [6.45, 7) is 2.11. The van der Waals surface area contributed by atoms with Crippen LogP contribution in [0.2, 0.25) is 0 Å². The van der Waals surface area contributed by atoms with Gasteiger partial charge in [0.15, 0.2) is 0 Å². The number of rotatable bonds is 1. The van der Waals surface area contributed by atoms with Crippen LogP contribution in [-0.4, -0.2) is 9.97 Å². The summed E-state index contributed by atoms with van der Waals surface area (Å²) in [4.78, 5) is 8.77. The molecule has 0 atom stereocenters. The Morgan fingerprint density at radius 3 is 2.59 bits per heavy atom. The van der Waals surface area contributed by atoms with Gasteiger partial charge in [0.1, 0.15) is 0 Å². The molecule has 0 amide bonds. The highest BCUT2D eigenvalue weighted by atomic mass is 14.7. The van der Waals surface area contributed by atoms with Crippen LogP contribution in [0.5, 0.6) is 0 Å². The Kier molecular flexibility index (Phi) is 2.33. The highest BCUT2D eigenvalue weighted by molar-refractivity contribution is 5.86. The lowest BCUT2D eigenvalue weighted by Gasteiger charge is -2.05. The van der Waals surface area contributed by atoms with E-state index in [0.717, 1.165) is 16.8 Å². The smallest absolute Gasteiger partial charge is 0.0711 e. The molecule has 0 saturated carbocycles. The number of fused-ring (bicyclic) bond motifs is 1. The molecular formula is C15H12N2. The fraction of sp³-hybridized carbons (Fsp3) is 0.0667. The van der Waals surface area contributed by atoms with E-state index in [0.29, 0.717) is 0 Å². The Bertz CT molecular complexity index is 660. The van der Waals surface area contributed by atoms with Crippen LogP contribution in [-0.2, 0) is 0 Å². The maximum atomic E-state index is 4.40. The van der Waals surface area contributed by atoms with Crippen LogP contribution < -0.4 is 0 Å². The molecule has 2 heteroatoms. The van der Waals surface area contributed by atoms with Crippen molar-refractivity contribution < 1.29 is 0 Å². The monoisotopic (exact) mass is 220 g/mol. The van der Waals surface area contributed by atoms with Gasteiger partial charge in [0, 0.05) is 23.3 Å². The number of nitrogens with zero attached hydrogens (tertiary/aromatic N) is 2. The fourth-order valence-electron chi connectivity index (χ4n) is 2.05. The summed E-state index contributed by atoms with van der Waals surface area (Å²) >= 11 is 0. The van der Waals surface area contributed by atoms with Crippen molar-refractivity contribution in [1.82, 2.24) is 9.97 Å². The van der Waals surface area contributed by atoms with Gasteiger partial charge in [0.2, 0.25) is 0 Å². The molecule has 2 nitrogen and oxygen atoms in total. The van der Waals surface area contributed by atoms with E-state index in [1.165, 1.54) is 10.9 Å². The van der Waals surface area contributed by atoms with Crippen molar-refractivity contribution in [2.24, 2.45) is 0 Å². The zero-order valence-corrected chi connectivity index (χ0v) is 9.59. The average Bonchev–Trinajstić information content (AvgIpc) is 2.40. The first-order valence-electron chi connectivity index (χ1n) is 5.61. The van der Waals surface area contributed by atoms with E-state index in [9.17, 15) is 0 Å². The average molecular weight is 220 g/mol. The zero-order chi connectivity index (χ0) is 11.7. The first kappa shape index (κ1) is 9.97. The van der Waals surface area contributed by atoms with Gasteiger partial charge in [-0.1, -0.05) is 12.1 Å². The molecule has 0 N–H and O–H groups in total. The minimum Gasteiger partial charge on any atom is -0.256 e. The summed E-state index contributed by atoms with van der Waals surface area (Å²) in [5.41, 5.74) is 4.36. The molecule has 0 unspecified atom stereocenters. The Labute approximate surface area is 100.0 Å². The van der Waals surface area contributed by atoms with Crippen LogP contribution in [0.3, 0.4) is 0 Å². The molecule has 0 aliphatic heterocycles. The number of aryl methyl sites for hydroxylation is 1. The molecule has 2 heterocycles. The molecule has 0 aliphatic carbocycles. The van der Waals surface area contributed by atoms with E-state index < -0.39 is 0 Å². The molecule has 0 spiro atoms. The van der Waals surface area contributed by atoms with Crippen LogP contribution in [0.25, 0.3) is 22.2 Å². The second-order valence-electron chi connectivity index (χ2n) is 4.08. The van der Waals surface area contributed by atoms with Gasteiger partial charge in [-0.3, -0.25) is 9.97 Å². The van der Waals surface area contributed by atoms with E-state index in [4.69, 9.17) is 0 Å². The van der Waals surface area contributed by atoms with Crippen LogP contribution in [0, 0.1) is 6.92 Å². The molecule has 2 aromatic heterocycles. The number of hydrogen-bond acceptors (Lipinski definition) is 2. The molecule has 17 heavy (non-hydrogen) atoms. The van der Waals surface area contributed by atoms with Crippen molar-refractivity contribution in [3.8, 4) is 11.3 Å². The molecule has 0 saturated heterocycles. The van der Waals surface area contributed by atoms with Gasteiger partial charge in [0.25, 0.3) is 0 Å². The van der Waals surface area contributed by atoms with Gasteiger partial charge >= 0.3 is 0 Å². The zero-order valence-electron chi connectivity index (χ0n) is 9.59. The third-order valence-electron chi connectivity index (χ3n) is 2.89. The Balaban J connectivity index is 2.26. The highest BCUT2D eigenvalue weighted by Gasteiger charge is 2.03. The summed E-state index contributed by atoms with van der Waals surface area (Å²) in [5.74, 6) is 0. The van der Waals surface area contributed by atoms with Crippen molar-refractivity contribution >= 4 is 10.9 Å². The summed E-state index contributed by atoms with van der Waals surface area (Å²) in [6, 6.07) is 14.3. The van der Waals surface area contributed by atoms with Crippen LogP contribution >= 0.6 is 0 Å². The van der Waals surface area contributed by atoms with Crippen LogP contribution in [0.15, 0.2) is 54.9 Å². The first-order valence-corrected chi connectivity index (χ1v) is 5.61. The van der Waals surface area contributed by atoms with Crippen LogP contribution in [0.4, 0.5) is 0 Å². The minimum atomic E-state index is 0.989. The Hall–Kier alpha value is -2.22. The predicted molar refractivity (Wildman–Crippen MR) is 69.7 cm³/mol. The molecule has 0 bridgehead atoms. The van der Waals surface area contributed by atoms with Gasteiger partial charge < -0.3 is 0 Å². The van der Waals surface area contributed by atoms with Gasteiger partial charge in [-0.05, 0) is 42.8 Å². The van der Waals surface area contributed by atoms with Crippen molar-refractivity contribution in [3.05, 3.63) is 60.4 Å². The second kappa shape index (κ2) is 3.98. The normalized spacial score (nSPS) is 10.6. The molecule has 0 fully saturated rings. The SMILES string of the molecule is Cc1cc(-c2ccccn2)cc2ncccc12. The minimum absolute atomic E-state index is 0.989. The molecule has 3 aromatic rings. The summed E-state index contributed by atoms with van der Waals surface area (Å²) in [6.07, 6.45) is 3.64. The molecule has 1 aromatic carbocycles. The van der Waals surface area contributed by atoms with E-state index in [1.54, 1.807) is 0 Å². The topological polar surface area (TPSA) is 25.8 Å². The third-order valence-corrected chi connectivity index (χ3v) is 2.89. The van der Waals surface area contributed by atoms with E-state index >= 15 is 0 Å². The van der Waals surface area contributed by atoms with Gasteiger partial charge in [-0.2, -0.15) is 0 Å². The standard InChI is InChI=1S/C15H12N2/c1-11-9-12(14-6-2-3-7-16-14)10-15-13(11)5-4-8-17-15/h2-10H,1H3. The maximum Gasteiger partial charge on any atom is 0.0711 e. The second-order valence-corrected chi connectivity index (χ2v) is 4.08. The van der Waals surface area contributed by atoms with Crippen molar-refractivity contribution in [1.29, 1.82) is 0 Å². The summed E-state index contributed by atoms with van der Waals surface area (Å²) in [7, 11) is 0. The van der Waals surface area contributed by atoms with E-state index in [2.05, 4.69) is 35.1 Å². The lowest BCUT2D eigenvalue weighted by molar-refractivity contribution is 1.32. The third kappa shape index (κ3) is 1.78. The lowest BCUT2D eigenvalue weighted by atomic mass is 10.0. The van der Waals surface area contributed by atoms with Crippen molar-refractivity contribution in [2.45, 2.75) is 6.92 Å². The van der Waals surface area contributed by atoms with Crippen molar-refractivity contribution in [2.75, 3.05) is 0 Å². The molecule has 0 radical (unpaired) electrons. The largest absolute Gasteiger partial charge is 0.256 e. The number of hydrogen-bond donors (Lipinski definition) is 0.